The third-order valence-electron chi connectivity index (χ3n) is 3.16. The molecule has 4 nitrogen and oxygen atoms in total. The highest BCUT2D eigenvalue weighted by Crippen LogP contribution is 2.15. The van der Waals surface area contributed by atoms with E-state index >= 15 is 0 Å². The van der Waals surface area contributed by atoms with Crippen molar-refractivity contribution >= 4 is 5.91 Å². The summed E-state index contributed by atoms with van der Waals surface area (Å²) in [5, 5.41) is 9.24. The molecule has 0 saturated carbocycles. The second kappa shape index (κ2) is 6.21. The number of benzene rings is 2. The fraction of sp³-hybridized carbons (Fsp3) is 0.188. The highest BCUT2D eigenvalue weighted by Gasteiger charge is 2.19. The summed E-state index contributed by atoms with van der Waals surface area (Å²) < 4.78 is 0. The largest absolute Gasteiger partial charge is 0.508 e. The van der Waals surface area contributed by atoms with Crippen molar-refractivity contribution in [1.29, 1.82) is 0 Å². The number of amides is 1. The van der Waals surface area contributed by atoms with Crippen molar-refractivity contribution in [3.63, 3.8) is 0 Å². The smallest absolute Gasteiger partial charge is 0.244 e. The Morgan fingerprint density at radius 3 is 2.35 bits per heavy atom. The number of phenolic OH excluding ortho intramolecular Hbond substituents is 1. The topological polar surface area (TPSA) is 66.6 Å². The Hall–Kier alpha value is -2.33. The minimum absolute atomic E-state index is 0.135. The van der Waals surface area contributed by atoms with E-state index in [1.165, 1.54) is 0 Å². The van der Waals surface area contributed by atoms with Gasteiger partial charge in [-0.05, 0) is 23.3 Å². The van der Waals surface area contributed by atoms with Gasteiger partial charge in [-0.3, -0.25) is 4.79 Å². The zero-order chi connectivity index (χ0) is 14.5. The van der Waals surface area contributed by atoms with Crippen LogP contribution in [0.25, 0.3) is 0 Å². The number of carbonyl (C=O) groups is 1. The van der Waals surface area contributed by atoms with Crippen LogP contribution < -0.4 is 5.73 Å². The number of likely N-dealkylation sites (N-methyl/N-ethyl adjacent to an activating group) is 1. The predicted octanol–water partition coefficient (Wildman–Crippen LogP) is 2.05. The molecule has 0 fully saturated rings. The summed E-state index contributed by atoms with van der Waals surface area (Å²) in [6, 6.07) is 15.4. The molecule has 2 rings (SSSR count). The van der Waals surface area contributed by atoms with E-state index < -0.39 is 6.04 Å². The Balaban J connectivity index is 2.03. The second-order valence-corrected chi connectivity index (χ2v) is 4.75. The van der Waals surface area contributed by atoms with Gasteiger partial charge >= 0.3 is 0 Å². The molecular formula is C16H18N2O2. The molecule has 3 N–H and O–H groups in total. The maximum atomic E-state index is 12.3. The zero-order valence-electron chi connectivity index (χ0n) is 11.4. The van der Waals surface area contributed by atoms with Gasteiger partial charge < -0.3 is 15.7 Å². The van der Waals surface area contributed by atoms with Crippen LogP contribution in [0.15, 0.2) is 54.6 Å². The van der Waals surface area contributed by atoms with Crippen LogP contribution in [0.3, 0.4) is 0 Å². The van der Waals surface area contributed by atoms with Crippen LogP contribution in [0.2, 0.25) is 0 Å². The zero-order valence-corrected chi connectivity index (χ0v) is 11.4. The van der Waals surface area contributed by atoms with Crippen molar-refractivity contribution in [1.82, 2.24) is 4.90 Å². The number of phenols is 1. The molecule has 0 radical (unpaired) electrons. The molecule has 104 valence electrons. The molecule has 1 atom stereocenters. The van der Waals surface area contributed by atoms with E-state index in [9.17, 15) is 9.90 Å². The number of hydrogen-bond donors (Lipinski definition) is 2. The molecule has 4 heteroatoms. The Kier molecular flexibility index (Phi) is 4.38. The average molecular weight is 270 g/mol. The molecule has 0 spiro atoms. The van der Waals surface area contributed by atoms with Crippen LogP contribution in [-0.2, 0) is 11.3 Å². The van der Waals surface area contributed by atoms with E-state index in [-0.39, 0.29) is 11.7 Å². The Morgan fingerprint density at radius 1 is 1.15 bits per heavy atom. The number of nitrogens with zero attached hydrogens (tertiary/aromatic N) is 1. The fourth-order valence-electron chi connectivity index (χ4n) is 1.99. The lowest BCUT2D eigenvalue weighted by Gasteiger charge is -2.21. The first kappa shape index (κ1) is 14.1. The molecule has 0 saturated heterocycles. The van der Waals surface area contributed by atoms with E-state index in [0.717, 1.165) is 11.1 Å². The molecule has 2 aromatic carbocycles. The number of hydrogen-bond acceptors (Lipinski definition) is 3. The van der Waals surface area contributed by atoms with Gasteiger partial charge in [0, 0.05) is 13.6 Å². The summed E-state index contributed by atoms with van der Waals surface area (Å²) in [5.41, 5.74) is 7.73. The number of carbonyl (C=O) groups excluding carboxylic acids is 1. The monoisotopic (exact) mass is 270 g/mol. The predicted molar refractivity (Wildman–Crippen MR) is 78.0 cm³/mol. The number of nitrogens with two attached hydrogens (primary N) is 1. The molecule has 0 aliphatic carbocycles. The van der Waals surface area contributed by atoms with Gasteiger partial charge in [0.25, 0.3) is 0 Å². The van der Waals surface area contributed by atoms with E-state index in [1.54, 1.807) is 36.2 Å². The van der Waals surface area contributed by atoms with E-state index in [1.807, 2.05) is 30.3 Å². The van der Waals surface area contributed by atoms with E-state index in [4.69, 9.17) is 5.73 Å². The molecule has 1 unspecified atom stereocenters. The third kappa shape index (κ3) is 3.36. The SMILES string of the molecule is CN(Cc1ccc(O)cc1)C(=O)C(N)c1ccccc1. The van der Waals surface area contributed by atoms with Crippen LogP contribution in [0.4, 0.5) is 0 Å². The number of rotatable bonds is 4. The summed E-state index contributed by atoms with van der Waals surface area (Å²) in [5.74, 6) is 0.0768. The second-order valence-electron chi connectivity index (χ2n) is 4.75. The lowest BCUT2D eigenvalue weighted by molar-refractivity contribution is -0.131. The summed E-state index contributed by atoms with van der Waals surface area (Å²) in [6.45, 7) is 0.458. The first-order chi connectivity index (χ1) is 9.58. The van der Waals surface area contributed by atoms with Crippen LogP contribution in [-0.4, -0.2) is 23.0 Å². The van der Waals surface area contributed by atoms with Gasteiger partial charge in [0.1, 0.15) is 11.8 Å². The number of aromatic hydroxyl groups is 1. The van der Waals surface area contributed by atoms with Crippen LogP contribution in [0.1, 0.15) is 17.2 Å². The van der Waals surface area contributed by atoms with Gasteiger partial charge in [-0.2, -0.15) is 0 Å². The van der Waals surface area contributed by atoms with Crippen molar-refractivity contribution in [2.24, 2.45) is 5.73 Å². The normalized spacial score (nSPS) is 11.9. The maximum Gasteiger partial charge on any atom is 0.244 e. The molecule has 0 aromatic heterocycles. The van der Waals surface area contributed by atoms with Gasteiger partial charge in [-0.1, -0.05) is 42.5 Å². The molecule has 0 aliphatic rings. The van der Waals surface area contributed by atoms with Gasteiger partial charge in [0.15, 0.2) is 0 Å². The van der Waals surface area contributed by atoms with Crippen molar-refractivity contribution in [2.75, 3.05) is 7.05 Å². The first-order valence-electron chi connectivity index (χ1n) is 6.41. The Bertz CT molecular complexity index is 567. The first-order valence-corrected chi connectivity index (χ1v) is 6.41. The van der Waals surface area contributed by atoms with Crippen LogP contribution in [0, 0.1) is 0 Å². The highest BCUT2D eigenvalue weighted by molar-refractivity contribution is 5.82. The van der Waals surface area contributed by atoms with Crippen molar-refractivity contribution in [3.05, 3.63) is 65.7 Å². The minimum Gasteiger partial charge on any atom is -0.508 e. The quantitative estimate of drug-likeness (QED) is 0.893. The van der Waals surface area contributed by atoms with Crippen molar-refractivity contribution < 1.29 is 9.90 Å². The van der Waals surface area contributed by atoms with Gasteiger partial charge in [0.05, 0.1) is 0 Å². The standard InChI is InChI=1S/C16H18N2O2/c1-18(11-12-7-9-14(19)10-8-12)16(20)15(17)13-5-3-2-4-6-13/h2-10,15,19H,11,17H2,1H3. The van der Waals surface area contributed by atoms with Crippen LogP contribution in [0.5, 0.6) is 5.75 Å². The average Bonchev–Trinajstić information content (AvgIpc) is 2.49. The molecular weight excluding hydrogens is 252 g/mol. The summed E-state index contributed by atoms with van der Waals surface area (Å²) in [4.78, 5) is 13.9. The molecule has 0 aliphatic heterocycles. The lowest BCUT2D eigenvalue weighted by Crippen LogP contribution is -2.35. The molecule has 20 heavy (non-hydrogen) atoms. The summed E-state index contributed by atoms with van der Waals surface area (Å²) in [6.07, 6.45) is 0. The summed E-state index contributed by atoms with van der Waals surface area (Å²) >= 11 is 0. The van der Waals surface area contributed by atoms with Gasteiger partial charge in [-0.25, -0.2) is 0 Å². The third-order valence-corrected chi connectivity index (χ3v) is 3.16. The summed E-state index contributed by atoms with van der Waals surface area (Å²) in [7, 11) is 1.72. The van der Waals surface area contributed by atoms with E-state index in [0.29, 0.717) is 6.54 Å². The fourth-order valence-corrected chi connectivity index (χ4v) is 1.99. The molecule has 2 aromatic rings. The van der Waals surface area contributed by atoms with E-state index in [2.05, 4.69) is 0 Å². The molecule has 0 bridgehead atoms. The molecule has 1 amide bonds. The molecule has 0 heterocycles. The minimum atomic E-state index is -0.654. The van der Waals surface area contributed by atoms with Crippen molar-refractivity contribution in [2.45, 2.75) is 12.6 Å². The lowest BCUT2D eigenvalue weighted by atomic mass is 10.1. The highest BCUT2D eigenvalue weighted by atomic mass is 16.3. The van der Waals surface area contributed by atoms with Crippen LogP contribution >= 0.6 is 0 Å². The van der Waals surface area contributed by atoms with Gasteiger partial charge in [0.2, 0.25) is 5.91 Å². The van der Waals surface area contributed by atoms with Crippen molar-refractivity contribution in [3.8, 4) is 5.75 Å². The van der Waals surface area contributed by atoms with Gasteiger partial charge in [-0.15, -0.1) is 0 Å². The Morgan fingerprint density at radius 2 is 1.75 bits per heavy atom. The maximum absolute atomic E-state index is 12.3. The Labute approximate surface area is 118 Å².